The predicted molar refractivity (Wildman–Crippen MR) is 195 cm³/mol. The second-order valence-electron chi connectivity index (χ2n) is 14.4. The zero-order valence-corrected chi connectivity index (χ0v) is 31.3. The van der Waals surface area contributed by atoms with Crippen molar-refractivity contribution in [3.8, 4) is 16.2 Å². The van der Waals surface area contributed by atoms with E-state index in [1.807, 2.05) is 83.5 Å². The first-order valence-electron chi connectivity index (χ1n) is 17.8. The molecule has 3 heterocycles. The predicted octanol–water partition coefficient (Wildman–Crippen LogP) is 5.92. The molecule has 0 radical (unpaired) electrons. The molecule has 1 aromatic heterocycles. The molecule has 274 valence electrons. The van der Waals surface area contributed by atoms with Gasteiger partial charge in [-0.05, 0) is 69.7 Å². The summed E-state index contributed by atoms with van der Waals surface area (Å²) >= 11 is 1.55. The zero-order valence-electron chi connectivity index (χ0n) is 30.5. The number of ether oxygens (including phenoxy) is 3. The number of carbonyl (C=O) groups is 4. The van der Waals surface area contributed by atoms with Crippen molar-refractivity contribution < 1.29 is 33.4 Å². The number of aromatic nitrogens is 1. The third-order valence-electron chi connectivity index (χ3n) is 9.00. The van der Waals surface area contributed by atoms with E-state index in [9.17, 15) is 19.2 Å². The van der Waals surface area contributed by atoms with Crippen LogP contribution in [0, 0.1) is 12.8 Å². The van der Waals surface area contributed by atoms with E-state index in [0.29, 0.717) is 56.9 Å². The Bertz CT molecular complexity index is 1720. The number of esters is 1. The molecular weight excluding hydrogens is 669 g/mol. The smallest absolute Gasteiger partial charge is 0.308 e. The number of rotatable bonds is 15. The summed E-state index contributed by atoms with van der Waals surface area (Å²) in [5.74, 6) is -0.346. The van der Waals surface area contributed by atoms with E-state index >= 15 is 0 Å². The molecule has 5 rings (SSSR count). The summed E-state index contributed by atoms with van der Waals surface area (Å²) in [6.45, 7) is 13.5. The maximum atomic E-state index is 14.1. The summed E-state index contributed by atoms with van der Waals surface area (Å²) in [4.78, 5) is 61.8. The van der Waals surface area contributed by atoms with Crippen LogP contribution in [-0.2, 0) is 36.9 Å². The Hall–Kier alpha value is -4.29. The summed E-state index contributed by atoms with van der Waals surface area (Å²) in [7, 11) is 0. The Kier molecular flexibility index (Phi) is 12.5. The fourth-order valence-corrected chi connectivity index (χ4v) is 7.40. The van der Waals surface area contributed by atoms with Gasteiger partial charge in [0.1, 0.15) is 23.4 Å². The van der Waals surface area contributed by atoms with E-state index < -0.39 is 17.7 Å². The molecular formula is C39H50N4O7S. The number of thiazole rings is 1. The summed E-state index contributed by atoms with van der Waals surface area (Å²) in [5, 5.41) is 3.07. The van der Waals surface area contributed by atoms with Crippen LogP contribution in [-0.4, -0.2) is 82.5 Å². The number of hydrogen-bond acceptors (Lipinski definition) is 9. The van der Waals surface area contributed by atoms with Crippen LogP contribution in [0.15, 0.2) is 48.0 Å². The summed E-state index contributed by atoms with van der Waals surface area (Å²) in [5.41, 5.74) is 5.53. The van der Waals surface area contributed by atoms with E-state index in [1.165, 1.54) is 0 Å². The Morgan fingerprint density at radius 1 is 1.08 bits per heavy atom. The van der Waals surface area contributed by atoms with Gasteiger partial charge in [-0.25, -0.2) is 4.98 Å². The van der Waals surface area contributed by atoms with Gasteiger partial charge in [-0.15, -0.1) is 11.3 Å². The normalized spacial score (nSPS) is 16.4. The molecule has 1 fully saturated rings. The molecule has 2 aromatic carbocycles. The van der Waals surface area contributed by atoms with Crippen molar-refractivity contribution in [1.82, 2.24) is 20.1 Å². The highest BCUT2D eigenvalue weighted by Crippen LogP contribution is 2.33. The number of hydrogen-bond donors (Lipinski definition) is 1. The minimum Gasteiger partial charge on any atom is -0.493 e. The molecule has 2 aliphatic rings. The molecule has 2 aliphatic heterocycles. The number of fused-ring (bicyclic) bond motifs is 1. The van der Waals surface area contributed by atoms with Crippen LogP contribution in [0.5, 0.6) is 5.75 Å². The van der Waals surface area contributed by atoms with Crippen LogP contribution in [0.2, 0.25) is 0 Å². The van der Waals surface area contributed by atoms with Crippen LogP contribution in [0.3, 0.4) is 0 Å². The van der Waals surface area contributed by atoms with Gasteiger partial charge < -0.3 is 29.3 Å². The van der Waals surface area contributed by atoms with Crippen molar-refractivity contribution in [2.24, 2.45) is 5.92 Å². The van der Waals surface area contributed by atoms with Crippen molar-refractivity contribution >= 4 is 35.0 Å². The second-order valence-corrected chi connectivity index (χ2v) is 15.3. The lowest BCUT2D eigenvalue weighted by Crippen LogP contribution is -2.55. The van der Waals surface area contributed by atoms with Crippen molar-refractivity contribution in [2.45, 2.75) is 98.0 Å². The van der Waals surface area contributed by atoms with E-state index in [2.05, 4.69) is 10.3 Å². The number of nitrogens with one attached hydrogen (secondary N) is 1. The highest BCUT2D eigenvalue weighted by atomic mass is 32.1. The summed E-state index contributed by atoms with van der Waals surface area (Å²) < 4.78 is 17.2. The minimum atomic E-state index is -0.665. The number of amides is 3. The topological polar surface area (TPSA) is 127 Å². The second kappa shape index (κ2) is 16.8. The van der Waals surface area contributed by atoms with Gasteiger partial charge in [0.25, 0.3) is 5.91 Å². The quantitative estimate of drug-likeness (QED) is 0.152. The van der Waals surface area contributed by atoms with Gasteiger partial charge in [-0.1, -0.05) is 44.2 Å². The first-order valence-corrected chi connectivity index (χ1v) is 18.6. The summed E-state index contributed by atoms with van der Waals surface area (Å²) in [6.07, 6.45) is 2.05. The van der Waals surface area contributed by atoms with E-state index in [1.54, 1.807) is 27.2 Å². The minimum absolute atomic E-state index is 0.129. The van der Waals surface area contributed by atoms with Crippen LogP contribution in [0.1, 0.15) is 87.5 Å². The molecule has 12 heteroatoms. The van der Waals surface area contributed by atoms with Gasteiger partial charge >= 0.3 is 5.97 Å². The SMILES string of the molecule is Cc1ncsc1-c1ccc(CNC(=O)[C@@H]2CCCN2C(=O)C(C(C)C)N2Cc3ccccc3C2=O)c(OCCCOCCC(=O)OC(C)(C)C)c1. The number of likely N-dealkylation sites (tertiary alicyclic amines) is 1. The third-order valence-corrected chi connectivity index (χ3v) is 9.97. The van der Waals surface area contributed by atoms with E-state index in [0.717, 1.165) is 27.3 Å². The average molecular weight is 719 g/mol. The molecule has 3 amide bonds. The molecule has 0 spiro atoms. The van der Waals surface area contributed by atoms with E-state index in [4.69, 9.17) is 14.2 Å². The van der Waals surface area contributed by atoms with Crippen molar-refractivity contribution in [1.29, 1.82) is 0 Å². The molecule has 3 aromatic rings. The standard InChI is InChI=1S/C39H50N4O7S/c1-25(2)34(43-23-29-11-7-8-12-30(29)37(43)46)38(47)42-17-9-13-31(42)36(45)40-22-28-15-14-27(35-26(3)41-24-51-35)21-32(28)49-19-10-18-48-20-16-33(44)50-39(4,5)6/h7-8,11-12,14-15,21,24-25,31,34H,9-10,13,16-20,22-23H2,1-6H3,(H,40,45)/t31-,34?/m0/s1. The molecule has 1 saturated heterocycles. The van der Waals surface area contributed by atoms with Gasteiger partial charge in [0.2, 0.25) is 11.8 Å². The Labute approximate surface area is 304 Å². The highest BCUT2D eigenvalue weighted by molar-refractivity contribution is 7.13. The Morgan fingerprint density at radius 3 is 2.57 bits per heavy atom. The zero-order chi connectivity index (χ0) is 36.7. The van der Waals surface area contributed by atoms with Crippen LogP contribution < -0.4 is 10.1 Å². The van der Waals surface area contributed by atoms with Gasteiger partial charge in [0, 0.05) is 43.8 Å². The molecule has 0 aliphatic carbocycles. The first kappa shape index (κ1) is 38.0. The largest absolute Gasteiger partial charge is 0.493 e. The molecule has 0 saturated carbocycles. The fraction of sp³-hybridized carbons (Fsp3) is 0.513. The lowest BCUT2D eigenvalue weighted by atomic mass is 10.0. The average Bonchev–Trinajstić information content (AvgIpc) is 3.82. The lowest BCUT2D eigenvalue weighted by Gasteiger charge is -2.35. The lowest BCUT2D eigenvalue weighted by molar-refractivity contribution is -0.156. The van der Waals surface area contributed by atoms with Gasteiger partial charge in [0.15, 0.2) is 0 Å². The summed E-state index contributed by atoms with van der Waals surface area (Å²) in [6, 6.07) is 12.1. The molecule has 11 nitrogen and oxygen atoms in total. The molecule has 1 N–H and O–H groups in total. The third kappa shape index (κ3) is 9.53. The van der Waals surface area contributed by atoms with Crippen LogP contribution >= 0.6 is 11.3 Å². The van der Waals surface area contributed by atoms with Gasteiger partial charge in [0.05, 0.1) is 35.7 Å². The van der Waals surface area contributed by atoms with Crippen LogP contribution in [0.4, 0.5) is 0 Å². The Morgan fingerprint density at radius 2 is 1.86 bits per heavy atom. The monoisotopic (exact) mass is 718 g/mol. The maximum absolute atomic E-state index is 14.1. The molecule has 51 heavy (non-hydrogen) atoms. The van der Waals surface area contributed by atoms with Crippen molar-refractivity contribution in [3.05, 3.63) is 70.4 Å². The first-order chi connectivity index (χ1) is 24.3. The molecule has 2 atom stereocenters. The van der Waals surface area contributed by atoms with Gasteiger partial charge in [-0.3, -0.25) is 19.2 Å². The van der Waals surface area contributed by atoms with Crippen molar-refractivity contribution in [2.75, 3.05) is 26.4 Å². The molecule has 0 bridgehead atoms. The number of nitrogens with zero attached hydrogens (tertiary/aromatic N) is 3. The fourth-order valence-electron chi connectivity index (χ4n) is 6.60. The number of benzene rings is 2. The van der Waals surface area contributed by atoms with Crippen molar-refractivity contribution in [3.63, 3.8) is 0 Å². The van der Waals surface area contributed by atoms with E-state index in [-0.39, 0.29) is 49.2 Å². The number of aryl methyl sites for hydroxylation is 1. The Balaban J connectivity index is 1.20. The van der Waals surface area contributed by atoms with Crippen LogP contribution in [0.25, 0.3) is 10.4 Å². The number of carbonyl (C=O) groups excluding carboxylic acids is 4. The highest BCUT2D eigenvalue weighted by Gasteiger charge is 2.43. The maximum Gasteiger partial charge on any atom is 0.308 e. The molecule has 1 unspecified atom stereocenters. The van der Waals surface area contributed by atoms with Gasteiger partial charge in [-0.2, -0.15) is 0 Å².